The highest BCUT2D eigenvalue weighted by molar-refractivity contribution is 8.00. The third kappa shape index (κ3) is 4.08. The fourth-order valence-corrected chi connectivity index (χ4v) is 3.54. The molecule has 23 heavy (non-hydrogen) atoms. The third-order valence-electron chi connectivity index (χ3n) is 2.81. The van der Waals surface area contributed by atoms with Gasteiger partial charge in [-0.2, -0.15) is 0 Å². The first-order chi connectivity index (χ1) is 11.2. The van der Waals surface area contributed by atoms with E-state index in [1.807, 2.05) is 11.4 Å². The number of thiophene rings is 1. The van der Waals surface area contributed by atoms with Crippen LogP contribution in [0.15, 0.2) is 45.6 Å². The zero-order valence-electron chi connectivity index (χ0n) is 11.8. The van der Waals surface area contributed by atoms with E-state index < -0.39 is 11.9 Å². The predicted octanol–water partition coefficient (Wildman–Crippen LogP) is 2.40. The van der Waals surface area contributed by atoms with Crippen LogP contribution in [-0.4, -0.2) is 27.7 Å². The van der Waals surface area contributed by atoms with E-state index in [-0.39, 0.29) is 12.3 Å². The molecular weight excluding hydrogens is 336 g/mol. The van der Waals surface area contributed by atoms with Gasteiger partial charge < -0.3 is 9.73 Å². The van der Waals surface area contributed by atoms with Crippen LogP contribution < -0.4 is 10.6 Å². The first kappa shape index (κ1) is 15.5. The van der Waals surface area contributed by atoms with E-state index in [9.17, 15) is 9.59 Å². The van der Waals surface area contributed by atoms with Gasteiger partial charge in [0.1, 0.15) is 17.1 Å². The van der Waals surface area contributed by atoms with E-state index in [0.717, 1.165) is 15.2 Å². The summed E-state index contributed by atoms with van der Waals surface area (Å²) in [7, 11) is 0. The lowest BCUT2D eigenvalue weighted by Gasteiger charge is -2.05. The Hall–Kier alpha value is -2.39. The van der Waals surface area contributed by atoms with Gasteiger partial charge in [-0.15, -0.1) is 11.3 Å². The molecule has 3 aromatic rings. The summed E-state index contributed by atoms with van der Waals surface area (Å²) < 4.78 is 6.02. The van der Waals surface area contributed by atoms with Crippen LogP contribution in [-0.2, 0) is 11.3 Å². The highest BCUT2D eigenvalue weighted by Crippen LogP contribution is 2.28. The van der Waals surface area contributed by atoms with Crippen molar-refractivity contribution in [3.8, 4) is 0 Å². The van der Waals surface area contributed by atoms with E-state index >= 15 is 0 Å². The van der Waals surface area contributed by atoms with Gasteiger partial charge in [-0.3, -0.25) is 10.1 Å². The molecule has 0 aliphatic carbocycles. The van der Waals surface area contributed by atoms with Crippen molar-refractivity contribution in [3.63, 3.8) is 0 Å². The summed E-state index contributed by atoms with van der Waals surface area (Å²) in [5.74, 6) is 0.316. The maximum absolute atomic E-state index is 11.8. The van der Waals surface area contributed by atoms with Crippen molar-refractivity contribution in [1.29, 1.82) is 0 Å². The SMILES string of the molecule is O=C(CSc1ncnc2ccsc12)NC(=O)NCc1ccco1. The number of fused-ring (bicyclic) bond motifs is 1. The number of carbonyl (C=O) groups excluding carboxylic acids is 2. The Kier molecular flexibility index (Phi) is 4.89. The smallest absolute Gasteiger partial charge is 0.321 e. The number of thioether (sulfide) groups is 1. The largest absolute Gasteiger partial charge is 0.467 e. The molecule has 0 unspecified atom stereocenters. The van der Waals surface area contributed by atoms with Crippen LogP contribution in [0.3, 0.4) is 0 Å². The number of urea groups is 1. The van der Waals surface area contributed by atoms with Crippen LogP contribution in [0.2, 0.25) is 0 Å². The Balaban J connectivity index is 1.47. The van der Waals surface area contributed by atoms with Gasteiger partial charge in [-0.05, 0) is 23.6 Å². The summed E-state index contributed by atoms with van der Waals surface area (Å²) in [5.41, 5.74) is 0.851. The highest BCUT2D eigenvalue weighted by atomic mass is 32.2. The van der Waals surface area contributed by atoms with E-state index in [2.05, 4.69) is 20.6 Å². The van der Waals surface area contributed by atoms with Gasteiger partial charge in [0.05, 0.1) is 28.8 Å². The summed E-state index contributed by atoms with van der Waals surface area (Å²) >= 11 is 2.79. The standard InChI is InChI=1S/C14H12N4O3S2/c19-11(18-14(20)15-6-9-2-1-4-21-9)7-23-13-12-10(3-5-22-12)16-8-17-13/h1-5,8H,6-7H2,(H2,15,18,19,20). The number of hydrogen-bond donors (Lipinski definition) is 2. The molecule has 9 heteroatoms. The Labute approximate surface area is 139 Å². The number of aromatic nitrogens is 2. The molecule has 0 aliphatic heterocycles. The molecule has 0 bridgehead atoms. The molecule has 0 saturated heterocycles. The number of nitrogens with zero attached hydrogens (tertiary/aromatic N) is 2. The molecule has 7 nitrogen and oxygen atoms in total. The molecule has 0 aliphatic rings. The maximum Gasteiger partial charge on any atom is 0.321 e. The van der Waals surface area contributed by atoms with Crippen molar-refractivity contribution in [3.05, 3.63) is 41.9 Å². The van der Waals surface area contributed by atoms with Crippen LogP contribution >= 0.6 is 23.1 Å². The Morgan fingerprint density at radius 2 is 2.22 bits per heavy atom. The Morgan fingerprint density at radius 1 is 1.30 bits per heavy atom. The summed E-state index contributed by atoms with van der Waals surface area (Å²) in [4.78, 5) is 31.7. The van der Waals surface area contributed by atoms with Crippen LogP contribution in [0, 0.1) is 0 Å². The van der Waals surface area contributed by atoms with Crippen LogP contribution in [0.1, 0.15) is 5.76 Å². The lowest BCUT2D eigenvalue weighted by atomic mass is 10.4. The van der Waals surface area contributed by atoms with Crippen molar-refractivity contribution in [1.82, 2.24) is 20.6 Å². The number of hydrogen-bond acceptors (Lipinski definition) is 7. The first-order valence-electron chi connectivity index (χ1n) is 6.63. The second-order valence-electron chi connectivity index (χ2n) is 4.41. The van der Waals surface area contributed by atoms with Crippen molar-refractivity contribution < 1.29 is 14.0 Å². The summed E-state index contributed by atoms with van der Waals surface area (Å²) in [6.07, 6.45) is 2.98. The fraction of sp³-hybridized carbons (Fsp3) is 0.143. The van der Waals surface area contributed by atoms with Crippen LogP contribution in [0.5, 0.6) is 0 Å². The van der Waals surface area contributed by atoms with Gasteiger partial charge in [0.15, 0.2) is 0 Å². The fourth-order valence-electron chi connectivity index (χ4n) is 1.79. The van der Waals surface area contributed by atoms with Gasteiger partial charge in [0.2, 0.25) is 5.91 Å². The second-order valence-corrected chi connectivity index (χ2v) is 6.29. The summed E-state index contributed by atoms with van der Waals surface area (Å²) in [6, 6.07) is 4.80. The summed E-state index contributed by atoms with van der Waals surface area (Å²) in [5, 5.41) is 7.46. The summed E-state index contributed by atoms with van der Waals surface area (Å²) in [6.45, 7) is 0.223. The van der Waals surface area contributed by atoms with Gasteiger partial charge in [-0.25, -0.2) is 14.8 Å². The van der Waals surface area contributed by atoms with E-state index in [1.165, 1.54) is 35.7 Å². The van der Waals surface area contributed by atoms with E-state index in [1.54, 1.807) is 12.1 Å². The molecule has 0 fully saturated rings. The van der Waals surface area contributed by atoms with Crippen molar-refractivity contribution in [2.45, 2.75) is 11.6 Å². The average molecular weight is 348 g/mol. The predicted molar refractivity (Wildman–Crippen MR) is 87.2 cm³/mol. The average Bonchev–Trinajstić information content (AvgIpc) is 3.22. The second kappa shape index (κ2) is 7.25. The molecule has 0 saturated carbocycles. The lowest BCUT2D eigenvalue weighted by molar-refractivity contribution is -0.117. The van der Waals surface area contributed by atoms with Gasteiger partial charge in [-0.1, -0.05) is 11.8 Å². The minimum absolute atomic E-state index is 0.0954. The normalized spacial score (nSPS) is 10.6. The number of furan rings is 1. The monoisotopic (exact) mass is 348 g/mol. The minimum Gasteiger partial charge on any atom is -0.467 e. The molecule has 3 aromatic heterocycles. The minimum atomic E-state index is -0.559. The molecule has 0 spiro atoms. The molecule has 3 rings (SSSR count). The Bertz CT molecular complexity index is 816. The topological polar surface area (TPSA) is 97.1 Å². The number of nitrogens with one attached hydrogen (secondary N) is 2. The van der Waals surface area contributed by atoms with Gasteiger partial charge in [0.25, 0.3) is 0 Å². The van der Waals surface area contributed by atoms with Gasteiger partial charge in [0, 0.05) is 0 Å². The molecule has 0 atom stereocenters. The zero-order chi connectivity index (χ0) is 16.1. The molecule has 0 radical (unpaired) electrons. The van der Waals surface area contributed by atoms with E-state index in [0.29, 0.717) is 5.76 Å². The van der Waals surface area contributed by atoms with Gasteiger partial charge >= 0.3 is 6.03 Å². The quantitative estimate of drug-likeness (QED) is 0.543. The number of imide groups is 1. The highest BCUT2D eigenvalue weighted by Gasteiger charge is 2.11. The third-order valence-corrected chi connectivity index (χ3v) is 4.84. The number of carbonyl (C=O) groups is 2. The zero-order valence-corrected chi connectivity index (χ0v) is 13.4. The molecule has 2 N–H and O–H groups in total. The number of rotatable bonds is 5. The van der Waals surface area contributed by atoms with Crippen molar-refractivity contribution >= 4 is 45.3 Å². The van der Waals surface area contributed by atoms with Crippen molar-refractivity contribution in [2.75, 3.05) is 5.75 Å². The lowest BCUT2D eigenvalue weighted by Crippen LogP contribution is -2.39. The van der Waals surface area contributed by atoms with E-state index in [4.69, 9.17) is 4.42 Å². The number of amides is 3. The molecule has 0 aromatic carbocycles. The Morgan fingerprint density at radius 3 is 3.04 bits per heavy atom. The molecule has 3 heterocycles. The molecular formula is C14H12N4O3S2. The molecule has 118 valence electrons. The van der Waals surface area contributed by atoms with Crippen LogP contribution in [0.4, 0.5) is 4.79 Å². The first-order valence-corrected chi connectivity index (χ1v) is 8.50. The maximum atomic E-state index is 11.8. The van der Waals surface area contributed by atoms with Crippen LogP contribution in [0.25, 0.3) is 10.2 Å². The van der Waals surface area contributed by atoms with Crippen molar-refractivity contribution in [2.24, 2.45) is 0 Å². The molecule has 3 amide bonds.